The first-order chi connectivity index (χ1) is 8.47. The van der Waals surface area contributed by atoms with Crippen molar-refractivity contribution >= 4 is 11.6 Å². The van der Waals surface area contributed by atoms with Gasteiger partial charge >= 0.3 is 0 Å². The molecule has 0 radical (unpaired) electrons. The summed E-state index contributed by atoms with van der Waals surface area (Å²) >= 11 is 0. The van der Waals surface area contributed by atoms with Gasteiger partial charge in [0, 0.05) is 18.3 Å². The first-order valence-corrected chi connectivity index (χ1v) is 6.64. The minimum Gasteiger partial charge on any atom is -0.307 e. The third-order valence-electron chi connectivity index (χ3n) is 3.67. The number of hydrogen-bond donors (Lipinski definition) is 1. The average molecular weight is 246 g/mol. The Bertz CT molecular complexity index is 454. The second-order valence-electron chi connectivity index (χ2n) is 5.51. The van der Waals surface area contributed by atoms with E-state index < -0.39 is 5.54 Å². The summed E-state index contributed by atoms with van der Waals surface area (Å²) in [7, 11) is 0. The number of piperazine rings is 1. The van der Waals surface area contributed by atoms with Crippen LogP contribution in [0.5, 0.6) is 0 Å². The predicted molar refractivity (Wildman–Crippen MR) is 74.8 cm³/mol. The Morgan fingerprint density at radius 1 is 1.39 bits per heavy atom. The van der Waals surface area contributed by atoms with Gasteiger partial charge in [0.05, 0.1) is 5.54 Å². The molecule has 0 saturated carbocycles. The van der Waals surface area contributed by atoms with Crippen molar-refractivity contribution in [1.29, 1.82) is 0 Å². The number of aryl methyl sites for hydroxylation is 1. The van der Waals surface area contributed by atoms with E-state index in [1.165, 1.54) is 5.56 Å². The fraction of sp³-hybridized carbons (Fsp3) is 0.533. The number of benzene rings is 1. The van der Waals surface area contributed by atoms with Gasteiger partial charge in [-0.3, -0.25) is 4.79 Å². The zero-order valence-corrected chi connectivity index (χ0v) is 11.7. The van der Waals surface area contributed by atoms with Crippen molar-refractivity contribution in [3.05, 3.63) is 29.8 Å². The van der Waals surface area contributed by atoms with Crippen molar-refractivity contribution in [2.24, 2.45) is 0 Å². The molecule has 1 amide bonds. The highest BCUT2D eigenvalue weighted by molar-refractivity contribution is 6.01. The standard InChI is InChI=1S/C15H22N2O/c1-5-12-8-6-7-9-13(12)17-11(2)10-16-15(3,4)14(17)18/h6-9,11,16H,5,10H2,1-4H3. The molecule has 2 rings (SSSR count). The number of anilines is 1. The molecule has 0 bridgehead atoms. The summed E-state index contributed by atoms with van der Waals surface area (Å²) in [5, 5.41) is 3.30. The molecule has 3 heteroatoms. The van der Waals surface area contributed by atoms with Crippen LogP contribution in [0.15, 0.2) is 24.3 Å². The molecule has 1 fully saturated rings. The number of hydrogen-bond acceptors (Lipinski definition) is 2. The van der Waals surface area contributed by atoms with Crippen LogP contribution in [0.2, 0.25) is 0 Å². The SMILES string of the molecule is CCc1ccccc1N1C(=O)C(C)(C)NCC1C. The molecule has 0 aromatic heterocycles. The van der Waals surface area contributed by atoms with Crippen molar-refractivity contribution in [3.63, 3.8) is 0 Å². The lowest BCUT2D eigenvalue weighted by atomic mass is 9.96. The smallest absolute Gasteiger partial charge is 0.247 e. The lowest BCUT2D eigenvalue weighted by Gasteiger charge is -2.43. The maximum absolute atomic E-state index is 12.6. The number of para-hydroxylation sites is 1. The predicted octanol–water partition coefficient (Wildman–Crippen LogP) is 2.35. The highest BCUT2D eigenvalue weighted by Gasteiger charge is 2.39. The number of carbonyl (C=O) groups is 1. The number of carbonyl (C=O) groups excluding carboxylic acids is 1. The van der Waals surface area contributed by atoms with E-state index in [0.717, 1.165) is 18.7 Å². The van der Waals surface area contributed by atoms with Gasteiger partial charge in [0.25, 0.3) is 0 Å². The first kappa shape index (κ1) is 13.1. The number of amides is 1. The van der Waals surface area contributed by atoms with Crippen LogP contribution in [0.25, 0.3) is 0 Å². The molecule has 1 atom stereocenters. The van der Waals surface area contributed by atoms with Crippen LogP contribution in [-0.2, 0) is 11.2 Å². The minimum atomic E-state index is -0.479. The van der Waals surface area contributed by atoms with Gasteiger partial charge in [0.15, 0.2) is 0 Å². The van der Waals surface area contributed by atoms with Gasteiger partial charge in [0.2, 0.25) is 5.91 Å². The van der Waals surface area contributed by atoms with Crippen LogP contribution >= 0.6 is 0 Å². The molecule has 1 N–H and O–H groups in total. The molecule has 1 aliphatic heterocycles. The molecule has 18 heavy (non-hydrogen) atoms. The van der Waals surface area contributed by atoms with E-state index in [1.807, 2.05) is 30.9 Å². The van der Waals surface area contributed by atoms with Crippen molar-refractivity contribution in [2.45, 2.75) is 45.7 Å². The van der Waals surface area contributed by atoms with E-state index in [-0.39, 0.29) is 11.9 Å². The quantitative estimate of drug-likeness (QED) is 0.868. The third kappa shape index (κ3) is 2.15. The molecular weight excluding hydrogens is 224 g/mol. The Morgan fingerprint density at radius 3 is 2.72 bits per heavy atom. The minimum absolute atomic E-state index is 0.155. The van der Waals surface area contributed by atoms with Gasteiger partial charge in [-0.05, 0) is 38.8 Å². The van der Waals surface area contributed by atoms with Crippen LogP contribution in [0.3, 0.4) is 0 Å². The summed E-state index contributed by atoms with van der Waals surface area (Å²) in [6, 6.07) is 8.38. The Balaban J connectivity index is 2.44. The molecule has 98 valence electrons. The Hall–Kier alpha value is -1.35. The lowest BCUT2D eigenvalue weighted by Crippen LogP contribution is -2.65. The summed E-state index contributed by atoms with van der Waals surface area (Å²) in [5.74, 6) is 0.155. The van der Waals surface area contributed by atoms with Gasteiger partial charge in [0.1, 0.15) is 0 Å². The molecule has 1 aromatic carbocycles. The second kappa shape index (κ2) is 4.73. The Morgan fingerprint density at radius 2 is 2.06 bits per heavy atom. The van der Waals surface area contributed by atoms with Crippen molar-refractivity contribution in [1.82, 2.24) is 5.32 Å². The topological polar surface area (TPSA) is 32.3 Å². The molecule has 1 aliphatic rings. The molecular formula is C15H22N2O. The molecule has 1 unspecified atom stereocenters. The molecule has 1 heterocycles. The van der Waals surface area contributed by atoms with Gasteiger partial charge in [-0.2, -0.15) is 0 Å². The summed E-state index contributed by atoms with van der Waals surface area (Å²) in [6.07, 6.45) is 0.945. The zero-order chi connectivity index (χ0) is 13.3. The summed E-state index contributed by atoms with van der Waals surface area (Å²) in [4.78, 5) is 14.5. The van der Waals surface area contributed by atoms with Gasteiger partial charge < -0.3 is 10.2 Å². The van der Waals surface area contributed by atoms with Crippen LogP contribution in [0, 0.1) is 0 Å². The monoisotopic (exact) mass is 246 g/mol. The number of rotatable bonds is 2. The van der Waals surface area contributed by atoms with Crippen molar-refractivity contribution in [3.8, 4) is 0 Å². The molecule has 0 spiro atoms. The zero-order valence-electron chi connectivity index (χ0n) is 11.7. The average Bonchev–Trinajstić information content (AvgIpc) is 2.36. The van der Waals surface area contributed by atoms with E-state index in [9.17, 15) is 4.79 Å². The lowest BCUT2D eigenvalue weighted by molar-refractivity contribution is -0.125. The highest BCUT2D eigenvalue weighted by atomic mass is 16.2. The fourth-order valence-corrected chi connectivity index (χ4v) is 2.46. The maximum atomic E-state index is 12.6. The maximum Gasteiger partial charge on any atom is 0.247 e. The summed E-state index contributed by atoms with van der Waals surface area (Å²) in [5.41, 5.74) is 1.82. The van der Waals surface area contributed by atoms with Crippen LogP contribution in [0.4, 0.5) is 5.69 Å². The first-order valence-electron chi connectivity index (χ1n) is 6.64. The van der Waals surface area contributed by atoms with E-state index in [2.05, 4.69) is 31.3 Å². The van der Waals surface area contributed by atoms with Gasteiger partial charge in [-0.25, -0.2) is 0 Å². The Kier molecular flexibility index (Phi) is 3.44. The summed E-state index contributed by atoms with van der Waals surface area (Å²) in [6.45, 7) is 8.94. The number of nitrogens with zero attached hydrogens (tertiary/aromatic N) is 1. The molecule has 1 saturated heterocycles. The summed E-state index contributed by atoms with van der Waals surface area (Å²) < 4.78 is 0. The fourth-order valence-electron chi connectivity index (χ4n) is 2.46. The largest absolute Gasteiger partial charge is 0.307 e. The van der Waals surface area contributed by atoms with E-state index in [0.29, 0.717) is 0 Å². The van der Waals surface area contributed by atoms with Crippen molar-refractivity contribution < 1.29 is 4.79 Å². The number of nitrogens with one attached hydrogen (secondary N) is 1. The third-order valence-corrected chi connectivity index (χ3v) is 3.67. The van der Waals surface area contributed by atoms with Crippen molar-refractivity contribution in [2.75, 3.05) is 11.4 Å². The van der Waals surface area contributed by atoms with Gasteiger partial charge in [-0.15, -0.1) is 0 Å². The van der Waals surface area contributed by atoms with Crippen LogP contribution in [-0.4, -0.2) is 24.0 Å². The normalized spacial score (nSPS) is 23.2. The molecule has 3 nitrogen and oxygen atoms in total. The molecule has 1 aromatic rings. The second-order valence-corrected chi connectivity index (χ2v) is 5.51. The van der Waals surface area contributed by atoms with E-state index >= 15 is 0 Å². The Labute approximate surface area is 109 Å². The highest BCUT2D eigenvalue weighted by Crippen LogP contribution is 2.28. The van der Waals surface area contributed by atoms with Gasteiger partial charge in [-0.1, -0.05) is 25.1 Å². The van der Waals surface area contributed by atoms with Crippen LogP contribution in [0.1, 0.15) is 33.3 Å². The van der Waals surface area contributed by atoms with Crippen LogP contribution < -0.4 is 10.2 Å². The van der Waals surface area contributed by atoms with E-state index in [1.54, 1.807) is 0 Å². The molecule has 0 aliphatic carbocycles. The van der Waals surface area contributed by atoms with E-state index in [4.69, 9.17) is 0 Å².